The summed E-state index contributed by atoms with van der Waals surface area (Å²) in [4.78, 5) is 12.8. The zero-order valence-electron chi connectivity index (χ0n) is 9.63. The number of rotatable bonds is 6. The normalized spacial score (nSPS) is 14.9. The molecule has 84 valence electrons. The lowest BCUT2D eigenvalue weighted by Crippen LogP contribution is -2.46. The van der Waals surface area contributed by atoms with E-state index in [1.807, 2.05) is 13.8 Å². The van der Waals surface area contributed by atoms with E-state index in [4.69, 9.17) is 5.11 Å². The summed E-state index contributed by atoms with van der Waals surface area (Å²) in [5, 5.41) is 12.3. The Kier molecular flexibility index (Phi) is 5.72. The fourth-order valence-electron chi connectivity index (χ4n) is 0.988. The first-order valence-corrected chi connectivity index (χ1v) is 5.01. The summed E-state index contributed by atoms with van der Waals surface area (Å²) in [6.07, 6.45) is 1.32. The lowest BCUT2D eigenvalue weighted by Gasteiger charge is -2.27. The Labute approximate surface area is 86.3 Å². The highest BCUT2D eigenvalue weighted by atomic mass is 16.3. The molecule has 1 amide bonds. The summed E-state index contributed by atoms with van der Waals surface area (Å²) >= 11 is 0. The second-order valence-electron chi connectivity index (χ2n) is 4.04. The van der Waals surface area contributed by atoms with Crippen molar-refractivity contribution in [3.8, 4) is 0 Å². The van der Waals surface area contributed by atoms with Gasteiger partial charge in [0.15, 0.2) is 0 Å². The monoisotopic (exact) mass is 202 g/mol. The topological polar surface area (TPSA) is 52.6 Å². The van der Waals surface area contributed by atoms with Crippen molar-refractivity contribution in [2.45, 2.75) is 32.2 Å². The molecular weight excluding hydrogens is 180 g/mol. The first-order chi connectivity index (χ1) is 6.45. The van der Waals surface area contributed by atoms with Gasteiger partial charge in [-0.25, -0.2) is 0 Å². The largest absolute Gasteiger partial charge is 0.394 e. The molecule has 0 fully saturated rings. The minimum absolute atomic E-state index is 0.0969. The van der Waals surface area contributed by atoms with Crippen LogP contribution in [0.1, 0.15) is 26.7 Å². The van der Waals surface area contributed by atoms with E-state index in [0.717, 1.165) is 6.42 Å². The molecule has 2 N–H and O–H groups in total. The van der Waals surface area contributed by atoms with Crippen molar-refractivity contribution in [1.82, 2.24) is 10.2 Å². The molecule has 0 bridgehead atoms. The summed E-state index contributed by atoms with van der Waals surface area (Å²) in [7, 11) is 3.49. The quantitative estimate of drug-likeness (QED) is 0.647. The average Bonchev–Trinajstić information content (AvgIpc) is 2.17. The molecule has 0 aliphatic heterocycles. The Morgan fingerprint density at radius 3 is 2.43 bits per heavy atom. The summed E-state index contributed by atoms with van der Waals surface area (Å²) in [6, 6.07) is 0. The van der Waals surface area contributed by atoms with Crippen LogP contribution in [0.3, 0.4) is 0 Å². The van der Waals surface area contributed by atoms with Gasteiger partial charge in [-0.05, 0) is 13.3 Å². The number of amides is 1. The highest BCUT2D eigenvalue weighted by Gasteiger charge is 2.19. The van der Waals surface area contributed by atoms with Gasteiger partial charge in [-0.1, -0.05) is 6.92 Å². The van der Waals surface area contributed by atoms with Crippen molar-refractivity contribution < 1.29 is 9.90 Å². The fourth-order valence-corrected chi connectivity index (χ4v) is 0.988. The van der Waals surface area contributed by atoms with Crippen LogP contribution in [0.25, 0.3) is 0 Å². The van der Waals surface area contributed by atoms with Crippen molar-refractivity contribution in [3.05, 3.63) is 0 Å². The minimum atomic E-state index is -0.257. The van der Waals surface area contributed by atoms with Crippen LogP contribution in [0.4, 0.5) is 0 Å². The number of nitrogens with zero attached hydrogens (tertiary/aromatic N) is 1. The van der Waals surface area contributed by atoms with Crippen LogP contribution in [0.5, 0.6) is 0 Å². The molecule has 4 heteroatoms. The first kappa shape index (κ1) is 13.4. The molecule has 0 aromatic heterocycles. The van der Waals surface area contributed by atoms with Crippen molar-refractivity contribution in [2.75, 3.05) is 27.2 Å². The number of carbonyl (C=O) groups excluding carboxylic acids is 1. The van der Waals surface area contributed by atoms with Gasteiger partial charge in [-0.15, -0.1) is 0 Å². The first-order valence-electron chi connectivity index (χ1n) is 5.01. The molecule has 0 rings (SSSR count). The van der Waals surface area contributed by atoms with Crippen LogP contribution >= 0.6 is 0 Å². The Balaban J connectivity index is 3.78. The van der Waals surface area contributed by atoms with Gasteiger partial charge >= 0.3 is 0 Å². The molecule has 1 atom stereocenters. The van der Waals surface area contributed by atoms with Crippen molar-refractivity contribution in [3.63, 3.8) is 0 Å². The Bertz CT molecular complexity index is 177. The average molecular weight is 202 g/mol. The van der Waals surface area contributed by atoms with Crippen molar-refractivity contribution in [1.29, 1.82) is 0 Å². The van der Waals surface area contributed by atoms with Crippen LogP contribution in [-0.2, 0) is 4.79 Å². The van der Waals surface area contributed by atoms with Gasteiger partial charge in [-0.3, -0.25) is 4.79 Å². The van der Waals surface area contributed by atoms with E-state index in [0.29, 0.717) is 13.0 Å². The highest BCUT2D eigenvalue weighted by molar-refractivity contribution is 5.75. The van der Waals surface area contributed by atoms with Crippen LogP contribution < -0.4 is 5.32 Å². The third-order valence-electron chi connectivity index (χ3n) is 2.52. The summed E-state index contributed by atoms with van der Waals surface area (Å²) in [6.45, 7) is 4.67. The number of hydrogen-bond donors (Lipinski definition) is 2. The number of nitrogens with one attached hydrogen (secondary N) is 1. The standard InChI is InChI=1S/C10H22N2O2/c1-5-10(2,8-13)11-7-6-9(14)12(3)4/h11,13H,5-8H2,1-4H3. The predicted molar refractivity (Wildman–Crippen MR) is 57.1 cm³/mol. The molecule has 0 radical (unpaired) electrons. The molecule has 0 saturated carbocycles. The smallest absolute Gasteiger partial charge is 0.223 e. The lowest BCUT2D eigenvalue weighted by atomic mass is 10.0. The summed E-state index contributed by atoms with van der Waals surface area (Å²) < 4.78 is 0. The minimum Gasteiger partial charge on any atom is -0.394 e. The van der Waals surface area contributed by atoms with E-state index in [1.54, 1.807) is 19.0 Å². The lowest BCUT2D eigenvalue weighted by molar-refractivity contribution is -0.128. The van der Waals surface area contributed by atoms with Gasteiger partial charge in [0.2, 0.25) is 5.91 Å². The SMILES string of the molecule is CCC(C)(CO)NCCC(=O)N(C)C. The molecule has 0 saturated heterocycles. The number of carbonyl (C=O) groups is 1. The summed E-state index contributed by atoms with van der Waals surface area (Å²) in [5.41, 5.74) is -0.257. The van der Waals surface area contributed by atoms with Gasteiger partial charge in [0.1, 0.15) is 0 Å². The van der Waals surface area contributed by atoms with E-state index in [-0.39, 0.29) is 18.1 Å². The van der Waals surface area contributed by atoms with Gasteiger partial charge in [0.05, 0.1) is 6.61 Å². The molecule has 0 aliphatic carbocycles. The maximum atomic E-state index is 11.2. The number of aliphatic hydroxyl groups excluding tert-OH is 1. The van der Waals surface area contributed by atoms with Gasteiger partial charge in [0, 0.05) is 32.6 Å². The van der Waals surface area contributed by atoms with Crippen LogP contribution in [0.15, 0.2) is 0 Å². The number of aliphatic hydroxyl groups is 1. The molecule has 0 aliphatic rings. The Morgan fingerprint density at radius 1 is 1.50 bits per heavy atom. The maximum absolute atomic E-state index is 11.2. The van der Waals surface area contributed by atoms with Crippen LogP contribution in [-0.4, -0.2) is 48.7 Å². The van der Waals surface area contributed by atoms with E-state index >= 15 is 0 Å². The molecular formula is C10H22N2O2. The van der Waals surface area contributed by atoms with E-state index in [1.165, 1.54) is 0 Å². The zero-order valence-corrected chi connectivity index (χ0v) is 9.63. The van der Waals surface area contributed by atoms with Gasteiger partial charge in [-0.2, -0.15) is 0 Å². The molecule has 1 unspecified atom stereocenters. The Morgan fingerprint density at radius 2 is 2.07 bits per heavy atom. The molecule has 4 nitrogen and oxygen atoms in total. The maximum Gasteiger partial charge on any atom is 0.223 e. The Hall–Kier alpha value is -0.610. The third kappa shape index (κ3) is 4.58. The molecule has 0 spiro atoms. The van der Waals surface area contributed by atoms with Crippen molar-refractivity contribution >= 4 is 5.91 Å². The molecule has 0 heterocycles. The summed E-state index contributed by atoms with van der Waals surface area (Å²) in [5.74, 6) is 0.105. The predicted octanol–water partition coefficient (Wildman–Crippen LogP) is 0.215. The zero-order chi connectivity index (χ0) is 11.2. The second kappa shape index (κ2) is 5.98. The molecule has 0 aromatic carbocycles. The van der Waals surface area contributed by atoms with Crippen LogP contribution in [0.2, 0.25) is 0 Å². The van der Waals surface area contributed by atoms with Crippen LogP contribution in [0, 0.1) is 0 Å². The van der Waals surface area contributed by atoms with Gasteiger partial charge in [0.25, 0.3) is 0 Å². The number of hydrogen-bond acceptors (Lipinski definition) is 3. The third-order valence-corrected chi connectivity index (χ3v) is 2.52. The van der Waals surface area contributed by atoms with E-state index in [9.17, 15) is 4.79 Å². The van der Waals surface area contributed by atoms with E-state index in [2.05, 4.69) is 5.32 Å². The van der Waals surface area contributed by atoms with Crippen molar-refractivity contribution in [2.24, 2.45) is 0 Å². The van der Waals surface area contributed by atoms with E-state index < -0.39 is 0 Å². The molecule has 14 heavy (non-hydrogen) atoms. The second-order valence-corrected chi connectivity index (χ2v) is 4.04. The highest BCUT2D eigenvalue weighted by Crippen LogP contribution is 2.07. The molecule has 0 aromatic rings. The fraction of sp³-hybridized carbons (Fsp3) is 0.900. The van der Waals surface area contributed by atoms with Gasteiger partial charge < -0.3 is 15.3 Å².